The number of hydrogen-bond acceptors (Lipinski definition) is 3. The molecule has 1 rings (SSSR count). The molecule has 1 saturated heterocycles. The molecule has 0 spiro atoms. The first kappa shape index (κ1) is 8.16. The average Bonchev–Trinajstić information content (AvgIpc) is 2.28. The second kappa shape index (κ2) is 2.98. The average molecular weight is 170 g/mol. The van der Waals surface area contributed by atoms with E-state index in [9.17, 15) is 18.0 Å². The van der Waals surface area contributed by atoms with Gasteiger partial charge in [0.2, 0.25) is 6.10 Å². The molecule has 1 heterocycles. The molecule has 1 fully saturated rings. The standard InChI is InChI=1S/C5H5F3O3/c6-1-2(7)3-4(8)11-5(9)10-3/h2-4H,1H2. The SMILES string of the molecule is O=C1OC(F)C(C(F)CF)O1. The number of halogens is 3. The maximum Gasteiger partial charge on any atom is 0.511 e. The quantitative estimate of drug-likeness (QED) is 0.582. The lowest BCUT2D eigenvalue weighted by Crippen LogP contribution is -2.30. The third-order valence-corrected chi connectivity index (χ3v) is 1.20. The van der Waals surface area contributed by atoms with Crippen LogP contribution < -0.4 is 0 Å². The second-order valence-electron chi connectivity index (χ2n) is 1.97. The minimum absolute atomic E-state index is 1.31. The van der Waals surface area contributed by atoms with Gasteiger partial charge in [0.25, 0.3) is 6.36 Å². The second-order valence-corrected chi connectivity index (χ2v) is 1.97. The van der Waals surface area contributed by atoms with Crippen molar-refractivity contribution in [1.29, 1.82) is 0 Å². The lowest BCUT2D eigenvalue weighted by Gasteiger charge is -2.09. The number of ether oxygens (including phenoxy) is 2. The molecule has 0 saturated carbocycles. The van der Waals surface area contributed by atoms with Gasteiger partial charge in [-0.05, 0) is 0 Å². The summed E-state index contributed by atoms with van der Waals surface area (Å²) in [4.78, 5) is 10.1. The fourth-order valence-electron chi connectivity index (χ4n) is 0.677. The van der Waals surface area contributed by atoms with E-state index in [0.717, 1.165) is 0 Å². The largest absolute Gasteiger partial charge is 0.511 e. The third-order valence-electron chi connectivity index (χ3n) is 1.20. The molecular formula is C5H5F3O3. The lowest BCUT2D eigenvalue weighted by molar-refractivity contribution is -0.0105. The topological polar surface area (TPSA) is 35.5 Å². The van der Waals surface area contributed by atoms with Crippen molar-refractivity contribution in [3.8, 4) is 0 Å². The Morgan fingerprint density at radius 3 is 2.55 bits per heavy atom. The van der Waals surface area contributed by atoms with E-state index >= 15 is 0 Å². The molecule has 0 aliphatic carbocycles. The highest BCUT2D eigenvalue weighted by Gasteiger charge is 2.42. The van der Waals surface area contributed by atoms with Gasteiger partial charge in [-0.15, -0.1) is 0 Å². The molecule has 1 aliphatic heterocycles. The first-order valence-corrected chi connectivity index (χ1v) is 2.86. The van der Waals surface area contributed by atoms with E-state index in [2.05, 4.69) is 9.47 Å². The highest BCUT2D eigenvalue weighted by atomic mass is 19.2. The Morgan fingerprint density at radius 1 is 1.55 bits per heavy atom. The Morgan fingerprint density at radius 2 is 2.18 bits per heavy atom. The fourth-order valence-corrected chi connectivity index (χ4v) is 0.677. The molecular weight excluding hydrogens is 165 g/mol. The smallest absolute Gasteiger partial charge is 0.421 e. The molecule has 3 nitrogen and oxygen atoms in total. The first-order valence-electron chi connectivity index (χ1n) is 2.86. The molecule has 3 unspecified atom stereocenters. The van der Waals surface area contributed by atoms with Crippen molar-refractivity contribution in [3.63, 3.8) is 0 Å². The van der Waals surface area contributed by atoms with E-state index in [-0.39, 0.29) is 0 Å². The minimum Gasteiger partial charge on any atom is -0.421 e. The molecule has 0 aromatic rings. The van der Waals surface area contributed by atoms with Crippen molar-refractivity contribution in [2.45, 2.75) is 18.6 Å². The number of carbonyl (C=O) groups is 1. The molecule has 64 valence electrons. The van der Waals surface area contributed by atoms with E-state index in [1.165, 1.54) is 0 Å². The van der Waals surface area contributed by atoms with Crippen molar-refractivity contribution in [3.05, 3.63) is 0 Å². The van der Waals surface area contributed by atoms with Crippen molar-refractivity contribution in [2.24, 2.45) is 0 Å². The van der Waals surface area contributed by atoms with Crippen LogP contribution in [0, 0.1) is 0 Å². The van der Waals surface area contributed by atoms with Crippen molar-refractivity contribution >= 4 is 6.16 Å². The molecule has 3 atom stereocenters. The number of cyclic esters (lactones) is 2. The van der Waals surface area contributed by atoms with Crippen LogP contribution in [-0.2, 0) is 9.47 Å². The van der Waals surface area contributed by atoms with Gasteiger partial charge >= 0.3 is 6.16 Å². The van der Waals surface area contributed by atoms with Gasteiger partial charge in [-0.2, -0.15) is 4.39 Å². The summed E-state index contributed by atoms with van der Waals surface area (Å²) in [7, 11) is 0. The summed E-state index contributed by atoms with van der Waals surface area (Å²) in [5.41, 5.74) is 0. The van der Waals surface area contributed by atoms with E-state index in [4.69, 9.17) is 0 Å². The number of rotatable bonds is 2. The fraction of sp³-hybridized carbons (Fsp3) is 0.800. The van der Waals surface area contributed by atoms with E-state index < -0.39 is 31.5 Å². The zero-order chi connectivity index (χ0) is 8.43. The maximum atomic E-state index is 12.3. The molecule has 6 heteroatoms. The zero-order valence-corrected chi connectivity index (χ0v) is 5.30. The molecule has 1 aliphatic rings. The van der Waals surface area contributed by atoms with Crippen LogP contribution in [0.5, 0.6) is 0 Å². The van der Waals surface area contributed by atoms with Crippen LogP contribution in [0.4, 0.5) is 18.0 Å². The van der Waals surface area contributed by atoms with E-state index in [1.807, 2.05) is 0 Å². The van der Waals surface area contributed by atoms with Crippen LogP contribution in [-0.4, -0.2) is 31.5 Å². The van der Waals surface area contributed by atoms with Gasteiger partial charge in [0.15, 0.2) is 6.17 Å². The monoisotopic (exact) mass is 170 g/mol. The predicted octanol–water partition coefficient (Wildman–Crippen LogP) is 1.12. The van der Waals surface area contributed by atoms with Crippen molar-refractivity contribution < 1.29 is 27.4 Å². The van der Waals surface area contributed by atoms with Crippen LogP contribution in [0.25, 0.3) is 0 Å². The van der Waals surface area contributed by atoms with Gasteiger partial charge in [-0.3, -0.25) is 0 Å². The molecule has 0 aromatic heterocycles. The van der Waals surface area contributed by atoms with Crippen molar-refractivity contribution in [2.75, 3.05) is 6.67 Å². The zero-order valence-electron chi connectivity index (χ0n) is 5.30. The number of alkyl halides is 3. The number of carbonyl (C=O) groups excluding carboxylic acids is 1. The van der Waals surface area contributed by atoms with Gasteiger partial charge in [0.05, 0.1) is 0 Å². The van der Waals surface area contributed by atoms with Gasteiger partial charge in [-0.1, -0.05) is 0 Å². The third kappa shape index (κ3) is 1.55. The molecule has 0 aromatic carbocycles. The summed E-state index contributed by atoms with van der Waals surface area (Å²) in [5, 5.41) is 0. The van der Waals surface area contributed by atoms with Crippen LogP contribution >= 0.6 is 0 Å². The van der Waals surface area contributed by atoms with Crippen LogP contribution in [0.2, 0.25) is 0 Å². The van der Waals surface area contributed by atoms with Gasteiger partial charge in [0, 0.05) is 0 Å². The van der Waals surface area contributed by atoms with Crippen molar-refractivity contribution in [1.82, 2.24) is 0 Å². The highest BCUT2D eigenvalue weighted by Crippen LogP contribution is 2.21. The molecule has 0 radical (unpaired) electrons. The predicted molar refractivity (Wildman–Crippen MR) is 27.1 cm³/mol. The van der Waals surface area contributed by atoms with Crippen LogP contribution in [0.1, 0.15) is 0 Å². The summed E-state index contributed by atoms with van der Waals surface area (Å²) >= 11 is 0. The Labute approximate surface area is 60.1 Å². The normalized spacial score (nSPS) is 32.8. The molecule has 0 amide bonds. The summed E-state index contributed by atoms with van der Waals surface area (Å²) in [6.07, 6.45) is -7.42. The van der Waals surface area contributed by atoms with E-state index in [1.54, 1.807) is 0 Å². The highest BCUT2D eigenvalue weighted by molar-refractivity contribution is 5.62. The first-order chi connectivity index (χ1) is 5.15. The van der Waals surface area contributed by atoms with Crippen LogP contribution in [0.3, 0.4) is 0 Å². The van der Waals surface area contributed by atoms with E-state index in [0.29, 0.717) is 0 Å². The summed E-state index contributed by atoms with van der Waals surface area (Å²) in [6.45, 7) is -1.40. The Hall–Kier alpha value is -0.940. The maximum absolute atomic E-state index is 12.3. The van der Waals surface area contributed by atoms with Gasteiger partial charge in [0.1, 0.15) is 6.67 Å². The lowest BCUT2D eigenvalue weighted by atomic mass is 10.2. The summed E-state index contributed by atoms with van der Waals surface area (Å²) in [5.74, 6) is 0. The summed E-state index contributed by atoms with van der Waals surface area (Å²) < 4.78 is 43.9. The Balaban J connectivity index is 2.52. The number of hydrogen-bond donors (Lipinski definition) is 0. The minimum atomic E-state index is -2.20. The molecule has 0 N–H and O–H groups in total. The Bertz CT molecular complexity index is 163. The molecule has 11 heavy (non-hydrogen) atoms. The van der Waals surface area contributed by atoms with Gasteiger partial charge < -0.3 is 9.47 Å². The summed E-state index contributed by atoms with van der Waals surface area (Å²) in [6, 6.07) is 0. The van der Waals surface area contributed by atoms with Crippen LogP contribution in [0.15, 0.2) is 0 Å². The Kier molecular flexibility index (Phi) is 2.21. The van der Waals surface area contributed by atoms with Gasteiger partial charge in [-0.25, -0.2) is 13.6 Å². The molecule has 0 bridgehead atoms.